The highest BCUT2D eigenvalue weighted by Gasteiger charge is 2.23. The van der Waals surface area contributed by atoms with Crippen molar-refractivity contribution in [1.82, 2.24) is 19.9 Å². The lowest BCUT2D eigenvalue weighted by atomic mass is 9.76. The fourth-order valence-electron chi connectivity index (χ4n) is 2.45. The lowest BCUT2D eigenvalue weighted by molar-refractivity contribution is 0.214. The number of hydrogen-bond donors (Lipinski definition) is 2. The van der Waals surface area contributed by atoms with E-state index in [-0.39, 0.29) is 5.41 Å². The Bertz CT molecular complexity index is 493. The molecule has 0 aliphatic heterocycles. The van der Waals surface area contributed by atoms with E-state index in [2.05, 4.69) is 40.7 Å². The van der Waals surface area contributed by atoms with Crippen molar-refractivity contribution in [3.05, 3.63) is 18.3 Å². The minimum Gasteiger partial charge on any atom is -0.339 e. The number of nitrogens with zero attached hydrogens (tertiary/aromatic N) is 3. The van der Waals surface area contributed by atoms with E-state index in [1.54, 1.807) is 6.20 Å². The molecule has 0 bridgehead atoms. The molecule has 0 saturated heterocycles. The molecule has 0 aliphatic carbocycles. The van der Waals surface area contributed by atoms with Crippen molar-refractivity contribution in [1.29, 1.82) is 0 Å². The van der Waals surface area contributed by atoms with Gasteiger partial charge in [-0.1, -0.05) is 20.8 Å². The Balaban J connectivity index is 2.04. The molecular formula is C14H23N5. The van der Waals surface area contributed by atoms with Gasteiger partial charge < -0.3 is 10.7 Å². The molecule has 3 N–H and O–H groups in total. The molecule has 0 saturated carbocycles. The Hall–Kier alpha value is -1.49. The van der Waals surface area contributed by atoms with Crippen LogP contribution in [0.25, 0.3) is 11.2 Å². The number of fused-ring (bicyclic) bond motifs is 1. The van der Waals surface area contributed by atoms with Crippen molar-refractivity contribution in [3.63, 3.8) is 0 Å². The summed E-state index contributed by atoms with van der Waals surface area (Å²) < 4.78 is 0. The highest BCUT2D eigenvalue weighted by molar-refractivity contribution is 5.68. The maximum atomic E-state index is 5.71. The molecule has 0 aromatic carbocycles. The Morgan fingerprint density at radius 3 is 2.74 bits per heavy atom. The number of nitrogens with two attached hydrogens (primary N) is 1. The zero-order valence-electron chi connectivity index (χ0n) is 12.0. The molecular weight excluding hydrogens is 238 g/mol. The van der Waals surface area contributed by atoms with Crippen LogP contribution in [0.2, 0.25) is 0 Å². The van der Waals surface area contributed by atoms with E-state index in [0.717, 1.165) is 42.8 Å². The summed E-state index contributed by atoms with van der Waals surface area (Å²) in [6.07, 6.45) is 6.37. The van der Waals surface area contributed by atoms with Crippen LogP contribution in [-0.2, 0) is 6.42 Å². The topological polar surface area (TPSA) is 80.5 Å². The van der Waals surface area contributed by atoms with E-state index in [1.165, 1.54) is 6.33 Å². The minimum absolute atomic E-state index is 0.283. The quantitative estimate of drug-likeness (QED) is 0.865. The molecule has 104 valence electrons. The molecule has 19 heavy (non-hydrogen) atoms. The molecule has 2 aromatic heterocycles. The van der Waals surface area contributed by atoms with Gasteiger partial charge in [-0.05, 0) is 30.7 Å². The second-order valence-corrected chi connectivity index (χ2v) is 6.12. The summed E-state index contributed by atoms with van der Waals surface area (Å²) in [5.41, 5.74) is 7.65. The van der Waals surface area contributed by atoms with Gasteiger partial charge in [0.05, 0.1) is 6.20 Å². The van der Waals surface area contributed by atoms with Crippen LogP contribution in [0.15, 0.2) is 12.5 Å². The van der Waals surface area contributed by atoms with Gasteiger partial charge >= 0.3 is 0 Å². The van der Waals surface area contributed by atoms with Crippen LogP contribution in [0, 0.1) is 11.3 Å². The van der Waals surface area contributed by atoms with Gasteiger partial charge in [0.2, 0.25) is 0 Å². The first-order valence-corrected chi connectivity index (χ1v) is 6.85. The SMILES string of the molecule is CC(C)(C)C(CCN)CCc1nc2ncncc2[nH]1. The van der Waals surface area contributed by atoms with Crippen LogP contribution in [0.5, 0.6) is 0 Å². The number of H-pyrrole nitrogens is 1. The van der Waals surface area contributed by atoms with Gasteiger partial charge in [0.15, 0.2) is 5.65 Å². The number of nitrogens with one attached hydrogen (secondary N) is 1. The summed E-state index contributed by atoms with van der Waals surface area (Å²) in [6, 6.07) is 0. The first kappa shape index (κ1) is 13.9. The molecule has 5 heteroatoms. The minimum atomic E-state index is 0.283. The summed E-state index contributed by atoms with van der Waals surface area (Å²) in [5.74, 6) is 1.60. The molecule has 0 fully saturated rings. The molecule has 2 aromatic rings. The van der Waals surface area contributed by atoms with Crippen molar-refractivity contribution in [2.75, 3.05) is 6.54 Å². The first-order chi connectivity index (χ1) is 9.00. The van der Waals surface area contributed by atoms with Gasteiger partial charge in [-0.2, -0.15) is 0 Å². The molecule has 1 atom stereocenters. The number of rotatable bonds is 5. The zero-order valence-corrected chi connectivity index (χ0v) is 12.0. The molecule has 0 aliphatic rings. The maximum absolute atomic E-state index is 5.71. The number of hydrogen-bond acceptors (Lipinski definition) is 4. The third-order valence-electron chi connectivity index (χ3n) is 3.68. The standard InChI is InChI=1S/C14H23N5/c1-14(2,3)10(6-7-15)4-5-12-18-11-8-16-9-17-13(11)19-12/h8-10H,4-7,15H2,1-3H3,(H,16,17,18,19). The van der Waals surface area contributed by atoms with Crippen molar-refractivity contribution >= 4 is 11.2 Å². The fourth-order valence-corrected chi connectivity index (χ4v) is 2.45. The van der Waals surface area contributed by atoms with Gasteiger partial charge in [-0.25, -0.2) is 15.0 Å². The third kappa shape index (κ3) is 3.50. The summed E-state index contributed by atoms with van der Waals surface area (Å²) in [5, 5.41) is 0. The van der Waals surface area contributed by atoms with Gasteiger partial charge in [0.25, 0.3) is 0 Å². The second-order valence-electron chi connectivity index (χ2n) is 6.12. The van der Waals surface area contributed by atoms with E-state index in [0.29, 0.717) is 5.92 Å². The normalized spacial score (nSPS) is 13.9. The van der Waals surface area contributed by atoms with Gasteiger partial charge in [-0.15, -0.1) is 0 Å². The Morgan fingerprint density at radius 1 is 1.32 bits per heavy atom. The van der Waals surface area contributed by atoms with Gasteiger partial charge in [-0.3, -0.25) is 0 Å². The Morgan fingerprint density at radius 2 is 2.11 bits per heavy atom. The van der Waals surface area contributed by atoms with Gasteiger partial charge in [0, 0.05) is 6.42 Å². The molecule has 0 spiro atoms. The van der Waals surface area contributed by atoms with E-state index in [4.69, 9.17) is 5.73 Å². The van der Waals surface area contributed by atoms with Crippen molar-refractivity contribution < 1.29 is 0 Å². The summed E-state index contributed by atoms with van der Waals surface area (Å²) in [6.45, 7) is 7.57. The lowest BCUT2D eigenvalue weighted by Crippen LogP contribution is -2.24. The van der Waals surface area contributed by atoms with Crippen LogP contribution in [0.4, 0.5) is 0 Å². The average molecular weight is 261 g/mol. The van der Waals surface area contributed by atoms with E-state index in [1.807, 2.05) is 0 Å². The van der Waals surface area contributed by atoms with Crippen molar-refractivity contribution in [2.45, 2.75) is 40.0 Å². The van der Waals surface area contributed by atoms with Crippen LogP contribution < -0.4 is 5.73 Å². The number of aromatic amines is 1. The molecule has 2 heterocycles. The average Bonchev–Trinajstić information content (AvgIpc) is 2.75. The number of aryl methyl sites for hydroxylation is 1. The maximum Gasteiger partial charge on any atom is 0.180 e. The highest BCUT2D eigenvalue weighted by atomic mass is 15.0. The van der Waals surface area contributed by atoms with E-state index >= 15 is 0 Å². The number of imidazole rings is 1. The molecule has 1 unspecified atom stereocenters. The van der Waals surface area contributed by atoms with Crippen molar-refractivity contribution in [2.24, 2.45) is 17.1 Å². The van der Waals surface area contributed by atoms with Crippen molar-refractivity contribution in [3.8, 4) is 0 Å². The van der Waals surface area contributed by atoms with Crippen LogP contribution >= 0.6 is 0 Å². The predicted molar refractivity (Wildman–Crippen MR) is 76.6 cm³/mol. The Labute approximate surface area is 114 Å². The summed E-state index contributed by atoms with van der Waals surface area (Å²) in [4.78, 5) is 15.9. The molecule has 5 nitrogen and oxygen atoms in total. The summed E-state index contributed by atoms with van der Waals surface area (Å²) >= 11 is 0. The second kappa shape index (κ2) is 5.65. The summed E-state index contributed by atoms with van der Waals surface area (Å²) in [7, 11) is 0. The third-order valence-corrected chi connectivity index (χ3v) is 3.68. The van der Waals surface area contributed by atoms with Gasteiger partial charge in [0.1, 0.15) is 17.7 Å². The fraction of sp³-hybridized carbons (Fsp3) is 0.643. The first-order valence-electron chi connectivity index (χ1n) is 6.85. The van der Waals surface area contributed by atoms with E-state index < -0.39 is 0 Å². The number of aromatic nitrogens is 4. The Kier molecular flexibility index (Phi) is 4.14. The predicted octanol–water partition coefficient (Wildman–Crippen LogP) is 2.30. The zero-order chi connectivity index (χ0) is 13.9. The van der Waals surface area contributed by atoms with Crippen LogP contribution in [0.1, 0.15) is 39.4 Å². The molecule has 2 rings (SSSR count). The highest BCUT2D eigenvalue weighted by Crippen LogP contribution is 2.32. The molecule has 0 radical (unpaired) electrons. The monoisotopic (exact) mass is 261 g/mol. The largest absolute Gasteiger partial charge is 0.339 e. The van der Waals surface area contributed by atoms with Crippen LogP contribution in [0.3, 0.4) is 0 Å². The lowest BCUT2D eigenvalue weighted by Gasteiger charge is -2.30. The van der Waals surface area contributed by atoms with E-state index in [9.17, 15) is 0 Å². The smallest absolute Gasteiger partial charge is 0.180 e. The molecule has 0 amide bonds. The van der Waals surface area contributed by atoms with Crippen LogP contribution in [-0.4, -0.2) is 26.5 Å².